The highest BCUT2D eigenvalue weighted by Gasteiger charge is 2.40. The number of alkyl halides is 2. The summed E-state index contributed by atoms with van der Waals surface area (Å²) in [5.41, 5.74) is -0.490. The van der Waals surface area contributed by atoms with Crippen LogP contribution in [0.5, 0.6) is 0 Å². The van der Waals surface area contributed by atoms with Crippen LogP contribution in [0.3, 0.4) is 0 Å². The molecule has 1 N–H and O–H groups in total. The molecule has 0 aliphatic rings. The van der Waals surface area contributed by atoms with E-state index in [9.17, 15) is 18.4 Å². The smallest absolute Gasteiger partial charge is 0.331 e. The zero-order valence-corrected chi connectivity index (χ0v) is 7.61. The molecule has 0 radical (unpaired) electrons. The van der Waals surface area contributed by atoms with Crippen molar-refractivity contribution in [3.05, 3.63) is 35.9 Å². The Morgan fingerprint density at radius 1 is 1.20 bits per heavy atom. The molecule has 0 saturated carbocycles. The van der Waals surface area contributed by atoms with Crippen LogP contribution in [0.2, 0.25) is 0 Å². The van der Waals surface area contributed by atoms with Crippen molar-refractivity contribution < 1.29 is 23.5 Å². The Labute approximate surface area is 84.3 Å². The topological polar surface area (TPSA) is 54.4 Å². The fourth-order valence-electron chi connectivity index (χ4n) is 1.06. The number of benzene rings is 1. The van der Waals surface area contributed by atoms with E-state index in [2.05, 4.69) is 0 Å². The molecule has 1 rings (SSSR count). The monoisotopic (exact) mass is 214 g/mol. The van der Waals surface area contributed by atoms with E-state index in [4.69, 9.17) is 5.11 Å². The first kappa shape index (κ1) is 11.3. The number of carboxylic acid groups (broad SMARTS) is 1. The summed E-state index contributed by atoms with van der Waals surface area (Å²) in [7, 11) is 0. The first-order valence-electron chi connectivity index (χ1n) is 4.13. The molecule has 0 spiro atoms. The molecule has 0 atom stereocenters. The van der Waals surface area contributed by atoms with Crippen LogP contribution in [0, 0.1) is 0 Å². The number of carbonyl (C=O) groups excluding carboxylic acids is 1. The average molecular weight is 214 g/mol. The highest BCUT2D eigenvalue weighted by atomic mass is 19.3. The zero-order valence-electron chi connectivity index (χ0n) is 7.61. The van der Waals surface area contributed by atoms with E-state index in [0.29, 0.717) is 0 Å². The summed E-state index contributed by atoms with van der Waals surface area (Å²) in [6.07, 6.45) is -1.18. The van der Waals surface area contributed by atoms with E-state index in [1.807, 2.05) is 0 Å². The molecule has 0 bridgehead atoms. The van der Waals surface area contributed by atoms with Crippen LogP contribution in [0.1, 0.15) is 12.0 Å². The first-order chi connectivity index (χ1) is 6.94. The van der Waals surface area contributed by atoms with Gasteiger partial charge in [-0.1, -0.05) is 30.3 Å². The van der Waals surface area contributed by atoms with Crippen molar-refractivity contribution in [3.8, 4) is 0 Å². The van der Waals surface area contributed by atoms with Gasteiger partial charge in [-0.2, -0.15) is 8.78 Å². The van der Waals surface area contributed by atoms with Gasteiger partial charge in [-0.05, 0) is 0 Å². The van der Waals surface area contributed by atoms with Gasteiger partial charge in [0.25, 0.3) is 0 Å². The van der Waals surface area contributed by atoms with Crippen molar-refractivity contribution in [2.75, 3.05) is 0 Å². The van der Waals surface area contributed by atoms with Crippen molar-refractivity contribution in [1.82, 2.24) is 0 Å². The van der Waals surface area contributed by atoms with Crippen molar-refractivity contribution in [1.29, 1.82) is 0 Å². The second kappa shape index (κ2) is 4.16. The number of rotatable bonds is 4. The summed E-state index contributed by atoms with van der Waals surface area (Å²) < 4.78 is 26.6. The maximum Gasteiger partial charge on any atom is 0.331 e. The Kier molecular flexibility index (Phi) is 3.14. The fourth-order valence-corrected chi connectivity index (χ4v) is 1.06. The Hall–Kier alpha value is -1.78. The Balaban J connectivity index is 2.92. The van der Waals surface area contributed by atoms with Crippen molar-refractivity contribution in [2.24, 2.45) is 0 Å². The van der Waals surface area contributed by atoms with Crippen molar-refractivity contribution in [3.63, 3.8) is 0 Å². The predicted octanol–water partition coefficient (Wildman–Crippen LogP) is 1.82. The van der Waals surface area contributed by atoms with Gasteiger partial charge in [0, 0.05) is 5.56 Å². The van der Waals surface area contributed by atoms with E-state index in [0.717, 1.165) is 12.1 Å². The molecule has 1 aromatic rings. The van der Waals surface area contributed by atoms with Crippen molar-refractivity contribution >= 4 is 11.8 Å². The third-order valence-corrected chi connectivity index (χ3v) is 1.80. The molecule has 0 fully saturated rings. The Morgan fingerprint density at radius 2 is 1.73 bits per heavy atom. The molecule has 15 heavy (non-hydrogen) atoms. The quantitative estimate of drug-likeness (QED) is 0.778. The van der Waals surface area contributed by atoms with Crippen LogP contribution in [0.15, 0.2) is 30.3 Å². The van der Waals surface area contributed by atoms with E-state index >= 15 is 0 Å². The van der Waals surface area contributed by atoms with E-state index in [1.165, 1.54) is 18.2 Å². The maximum atomic E-state index is 13.3. The summed E-state index contributed by atoms with van der Waals surface area (Å²) in [6, 6.07) is 6.41. The first-order valence-corrected chi connectivity index (χ1v) is 4.13. The molecule has 0 saturated heterocycles. The number of aliphatic carboxylic acids is 1. The van der Waals surface area contributed by atoms with Gasteiger partial charge in [-0.15, -0.1) is 0 Å². The molecule has 5 heteroatoms. The van der Waals surface area contributed by atoms with Gasteiger partial charge in [-0.25, -0.2) is 0 Å². The number of Topliss-reactive ketones (excluding diaryl/α,β-unsaturated/α-hetero) is 1. The van der Waals surface area contributed by atoms with Gasteiger partial charge in [0.15, 0.2) is 0 Å². The van der Waals surface area contributed by atoms with Crippen LogP contribution in [0.4, 0.5) is 8.78 Å². The van der Waals surface area contributed by atoms with Crippen LogP contribution in [-0.2, 0) is 15.5 Å². The van der Waals surface area contributed by atoms with E-state index in [1.54, 1.807) is 0 Å². The highest BCUT2D eigenvalue weighted by Crippen LogP contribution is 2.29. The number of carbonyl (C=O) groups is 2. The third-order valence-electron chi connectivity index (χ3n) is 1.80. The number of hydrogen-bond acceptors (Lipinski definition) is 2. The summed E-state index contributed by atoms with van der Waals surface area (Å²) in [6.45, 7) is 0. The van der Waals surface area contributed by atoms with E-state index < -0.39 is 29.7 Å². The Morgan fingerprint density at radius 3 is 2.20 bits per heavy atom. The van der Waals surface area contributed by atoms with Gasteiger partial charge < -0.3 is 5.11 Å². The predicted molar refractivity (Wildman–Crippen MR) is 47.6 cm³/mol. The van der Waals surface area contributed by atoms with Crippen LogP contribution >= 0.6 is 0 Å². The lowest BCUT2D eigenvalue weighted by Gasteiger charge is -2.13. The molecule has 3 nitrogen and oxygen atoms in total. The highest BCUT2D eigenvalue weighted by molar-refractivity contribution is 5.99. The maximum absolute atomic E-state index is 13.3. The zero-order chi connectivity index (χ0) is 11.5. The summed E-state index contributed by atoms with van der Waals surface area (Å²) in [5.74, 6) is -6.91. The van der Waals surface area contributed by atoms with Gasteiger partial charge in [0.2, 0.25) is 5.78 Å². The lowest BCUT2D eigenvalue weighted by Crippen LogP contribution is -2.27. The normalized spacial score (nSPS) is 11.1. The Bertz CT molecular complexity index is 374. The molecule has 80 valence electrons. The van der Waals surface area contributed by atoms with Crippen LogP contribution < -0.4 is 0 Å². The third kappa shape index (κ3) is 2.59. The van der Waals surface area contributed by atoms with Gasteiger partial charge in [-0.3, -0.25) is 9.59 Å². The second-order valence-corrected chi connectivity index (χ2v) is 2.93. The van der Waals surface area contributed by atoms with Crippen LogP contribution in [-0.4, -0.2) is 16.9 Å². The number of hydrogen-bond donors (Lipinski definition) is 1. The van der Waals surface area contributed by atoms with Crippen molar-refractivity contribution in [2.45, 2.75) is 12.3 Å². The largest absolute Gasteiger partial charge is 0.481 e. The number of ketones is 1. The molecule has 0 aromatic heterocycles. The molecule has 0 unspecified atom stereocenters. The molecule has 0 aliphatic heterocycles. The minimum Gasteiger partial charge on any atom is -0.481 e. The van der Waals surface area contributed by atoms with Gasteiger partial charge >= 0.3 is 11.9 Å². The summed E-state index contributed by atoms with van der Waals surface area (Å²) >= 11 is 0. The minimum absolute atomic E-state index is 0.490. The lowest BCUT2D eigenvalue weighted by molar-refractivity contribution is -0.151. The molecule has 0 heterocycles. The molecular weight excluding hydrogens is 206 g/mol. The molecule has 0 amide bonds. The van der Waals surface area contributed by atoms with Gasteiger partial charge in [0.1, 0.15) is 6.42 Å². The summed E-state index contributed by atoms with van der Waals surface area (Å²) in [5, 5.41) is 8.24. The fraction of sp³-hybridized carbons (Fsp3) is 0.200. The minimum atomic E-state index is -3.74. The van der Waals surface area contributed by atoms with Crippen LogP contribution in [0.25, 0.3) is 0 Å². The molecular formula is C10H8F2O3. The van der Waals surface area contributed by atoms with Gasteiger partial charge in [0.05, 0.1) is 0 Å². The average Bonchev–Trinajstić information content (AvgIpc) is 2.18. The number of halogens is 2. The lowest BCUT2D eigenvalue weighted by atomic mass is 10.0. The SMILES string of the molecule is O=C(O)CC(=O)C(F)(F)c1ccccc1. The van der Waals surface area contributed by atoms with E-state index in [-0.39, 0.29) is 0 Å². The standard InChI is InChI=1S/C10H8F2O3/c11-10(12,8(13)6-9(14)15)7-4-2-1-3-5-7/h1-5H,6H2,(H,14,15). The summed E-state index contributed by atoms with van der Waals surface area (Å²) in [4.78, 5) is 21.1. The second-order valence-electron chi connectivity index (χ2n) is 2.93. The molecule has 1 aromatic carbocycles. The number of carboxylic acids is 1. The molecule has 0 aliphatic carbocycles.